The van der Waals surface area contributed by atoms with Crippen LogP contribution in [0.3, 0.4) is 0 Å². The summed E-state index contributed by atoms with van der Waals surface area (Å²) in [6.07, 6.45) is 1.65. The summed E-state index contributed by atoms with van der Waals surface area (Å²) in [7, 11) is 0. The number of aromatic nitrogens is 3. The third kappa shape index (κ3) is 4.02. The summed E-state index contributed by atoms with van der Waals surface area (Å²) in [5, 5.41) is 9.37. The van der Waals surface area contributed by atoms with Gasteiger partial charge in [-0.25, -0.2) is 0 Å². The maximum atomic E-state index is 13.2. The summed E-state index contributed by atoms with van der Waals surface area (Å²) in [5.41, 5.74) is 2.58. The molecule has 2 heterocycles. The third-order valence-corrected chi connectivity index (χ3v) is 5.69. The van der Waals surface area contributed by atoms with Crippen molar-refractivity contribution in [3.63, 3.8) is 0 Å². The molecule has 0 fully saturated rings. The highest BCUT2D eigenvalue weighted by Crippen LogP contribution is 2.29. The minimum absolute atomic E-state index is 0.0240. The van der Waals surface area contributed by atoms with Gasteiger partial charge in [0.1, 0.15) is 5.76 Å². The van der Waals surface area contributed by atoms with Gasteiger partial charge in [0.25, 0.3) is 0 Å². The molecule has 0 aliphatic heterocycles. The molecule has 1 amide bonds. The van der Waals surface area contributed by atoms with E-state index in [1.807, 2.05) is 85.1 Å². The standard InChI is InChI=1S/C23H22N4O2S/c1-3-26-22(20-14-15-29-17(20)2)24-25-23(26)30-16-21(28)27(18-10-6-4-7-11-18)19-12-8-5-9-13-19/h4-15H,3,16H2,1-2H3. The molecule has 0 unspecified atom stereocenters. The van der Waals surface area contributed by atoms with Gasteiger partial charge in [-0.3, -0.25) is 9.69 Å². The Hall–Kier alpha value is -3.32. The number of aryl methyl sites for hydroxylation is 1. The number of benzene rings is 2. The summed E-state index contributed by atoms with van der Waals surface area (Å²) >= 11 is 1.39. The molecule has 0 bridgehead atoms. The van der Waals surface area contributed by atoms with Crippen molar-refractivity contribution in [2.45, 2.75) is 25.5 Å². The van der Waals surface area contributed by atoms with Crippen molar-refractivity contribution in [3.8, 4) is 11.4 Å². The molecule has 30 heavy (non-hydrogen) atoms. The predicted molar refractivity (Wildman–Crippen MR) is 119 cm³/mol. The lowest BCUT2D eigenvalue weighted by molar-refractivity contribution is -0.115. The van der Waals surface area contributed by atoms with Gasteiger partial charge in [-0.15, -0.1) is 10.2 Å². The Balaban J connectivity index is 1.57. The van der Waals surface area contributed by atoms with E-state index < -0.39 is 0 Å². The van der Waals surface area contributed by atoms with Crippen molar-refractivity contribution in [2.24, 2.45) is 0 Å². The summed E-state index contributed by atoms with van der Waals surface area (Å²) in [5.74, 6) is 1.77. The zero-order chi connectivity index (χ0) is 20.9. The first-order valence-corrected chi connectivity index (χ1v) is 10.7. The second-order valence-corrected chi connectivity index (χ2v) is 7.57. The molecule has 0 N–H and O–H groups in total. The van der Waals surface area contributed by atoms with E-state index in [1.54, 1.807) is 11.2 Å². The Morgan fingerprint density at radius 2 is 1.63 bits per heavy atom. The van der Waals surface area contributed by atoms with Crippen LogP contribution in [0, 0.1) is 6.92 Å². The number of amides is 1. The van der Waals surface area contributed by atoms with E-state index in [1.165, 1.54) is 11.8 Å². The van der Waals surface area contributed by atoms with Gasteiger partial charge in [0.05, 0.1) is 17.6 Å². The first-order chi connectivity index (χ1) is 14.7. The molecule has 4 rings (SSSR count). The van der Waals surface area contributed by atoms with Gasteiger partial charge >= 0.3 is 0 Å². The zero-order valence-corrected chi connectivity index (χ0v) is 17.7. The third-order valence-electron chi connectivity index (χ3n) is 4.74. The molecule has 0 spiro atoms. The van der Waals surface area contributed by atoms with Crippen molar-refractivity contribution in [2.75, 3.05) is 10.7 Å². The molecule has 0 radical (unpaired) electrons. The average Bonchev–Trinajstić information content (AvgIpc) is 3.39. The van der Waals surface area contributed by atoms with Gasteiger partial charge in [-0.2, -0.15) is 0 Å². The van der Waals surface area contributed by atoms with E-state index in [0.717, 1.165) is 28.5 Å². The van der Waals surface area contributed by atoms with Gasteiger partial charge in [0.15, 0.2) is 11.0 Å². The lowest BCUT2D eigenvalue weighted by atomic mass is 10.2. The lowest BCUT2D eigenvalue weighted by Crippen LogP contribution is -2.27. The number of thioether (sulfide) groups is 1. The minimum Gasteiger partial charge on any atom is -0.469 e. The van der Waals surface area contributed by atoms with E-state index >= 15 is 0 Å². The molecule has 0 aliphatic carbocycles. The lowest BCUT2D eigenvalue weighted by Gasteiger charge is -2.23. The van der Waals surface area contributed by atoms with Crippen LogP contribution in [0.4, 0.5) is 11.4 Å². The molecule has 7 heteroatoms. The first-order valence-electron chi connectivity index (χ1n) is 9.72. The van der Waals surface area contributed by atoms with E-state index in [9.17, 15) is 4.79 Å². The number of carbonyl (C=O) groups excluding carboxylic acids is 1. The van der Waals surface area contributed by atoms with Crippen LogP contribution in [-0.4, -0.2) is 26.4 Å². The van der Waals surface area contributed by atoms with Gasteiger partial charge in [-0.1, -0.05) is 48.2 Å². The molecule has 0 saturated heterocycles. The molecule has 0 atom stereocenters. The Morgan fingerprint density at radius 3 is 2.17 bits per heavy atom. The summed E-state index contributed by atoms with van der Waals surface area (Å²) in [4.78, 5) is 15.0. The van der Waals surface area contributed by atoms with Crippen molar-refractivity contribution in [1.82, 2.24) is 14.8 Å². The van der Waals surface area contributed by atoms with Crippen molar-refractivity contribution in [3.05, 3.63) is 78.8 Å². The number of para-hydroxylation sites is 2. The maximum absolute atomic E-state index is 13.2. The average molecular weight is 419 g/mol. The van der Waals surface area contributed by atoms with Crippen LogP contribution in [0.15, 0.2) is 82.6 Å². The fraction of sp³-hybridized carbons (Fsp3) is 0.174. The van der Waals surface area contributed by atoms with Crippen LogP contribution in [0.5, 0.6) is 0 Å². The highest BCUT2D eigenvalue weighted by Gasteiger charge is 2.21. The topological polar surface area (TPSA) is 64.2 Å². The fourth-order valence-electron chi connectivity index (χ4n) is 3.28. The van der Waals surface area contributed by atoms with Gasteiger partial charge in [0.2, 0.25) is 5.91 Å². The predicted octanol–water partition coefficient (Wildman–Crippen LogP) is 5.32. The number of hydrogen-bond donors (Lipinski definition) is 0. The van der Waals surface area contributed by atoms with E-state index in [2.05, 4.69) is 10.2 Å². The first kappa shape index (κ1) is 20.0. The number of nitrogens with zero attached hydrogens (tertiary/aromatic N) is 4. The quantitative estimate of drug-likeness (QED) is 0.380. The smallest absolute Gasteiger partial charge is 0.242 e. The van der Waals surface area contributed by atoms with E-state index in [4.69, 9.17) is 4.42 Å². The summed E-state index contributed by atoms with van der Waals surface area (Å²) in [6.45, 7) is 4.64. The van der Waals surface area contributed by atoms with Crippen LogP contribution in [0.1, 0.15) is 12.7 Å². The van der Waals surface area contributed by atoms with Crippen molar-refractivity contribution < 1.29 is 9.21 Å². The van der Waals surface area contributed by atoms with E-state index in [0.29, 0.717) is 11.7 Å². The molecule has 6 nitrogen and oxygen atoms in total. The number of furan rings is 1. The zero-order valence-electron chi connectivity index (χ0n) is 16.9. The second kappa shape index (κ2) is 9.00. The molecule has 2 aromatic heterocycles. The molecule has 2 aromatic carbocycles. The Kier molecular flexibility index (Phi) is 5.99. The van der Waals surface area contributed by atoms with Gasteiger partial charge in [-0.05, 0) is 44.2 Å². The maximum Gasteiger partial charge on any atom is 0.242 e. The minimum atomic E-state index is -0.0240. The largest absolute Gasteiger partial charge is 0.469 e. The number of hydrogen-bond acceptors (Lipinski definition) is 5. The van der Waals surface area contributed by atoms with Crippen LogP contribution >= 0.6 is 11.8 Å². The van der Waals surface area contributed by atoms with E-state index in [-0.39, 0.29) is 11.7 Å². The summed E-state index contributed by atoms with van der Waals surface area (Å²) < 4.78 is 7.41. The number of carbonyl (C=O) groups is 1. The highest BCUT2D eigenvalue weighted by molar-refractivity contribution is 7.99. The van der Waals surface area contributed by atoms with Crippen molar-refractivity contribution >= 4 is 29.0 Å². The van der Waals surface area contributed by atoms with Crippen LogP contribution in [-0.2, 0) is 11.3 Å². The monoisotopic (exact) mass is 418 g/mol. The Morgan fingerprint density at radius 1 is 1.00 bits per heavy atom. The normalized spacial score (nSPS) is 10.9. The van der Waals surface area contributed by atoms with Crippen LogP contribution in [0.25, 0.3) is 11.4 Å². The Bertz CT molecular complexity index is 1080. The molecule has 4 aromatic rings. The SMILES string of the molecule is CCn1c(SCC(=O)N(c2ccccc2)c2ccccc2)nnc1-c1ccoc1C. The van der Waals surface area contributed by atoms with Crippen LogP contribution < -0.4 is 4.90 Å². The highest BCUT2D eigenvalue weighted by atomic mass is 32.2. The molecule has 0 aliphatic rings. The molecule has 0 saturated carbocycles. The van der Waals surface area contributed by atoms with Gasteiger partial charge in [0, 0.05) is 17.9 Å². The second-order valence-electron chi connectivity index (χ2n) is 6.63. The molecular formula is C23H22N4O2S. The summed E-state index contributed by atoms with van der Waals surface area (Å²) in [6, 6.07) is 21.2. The molecule has 152 valence electrons. The number of rotatable bonds is 7. The van der Waals surface area contributed by atoms with Crippen LogP contribution in [0.2, 0.25) is 0 Å². The molecular weight excluding hydrogens is 396 g/mol. The van der Waals surface area contributed by atoms with Crippen molar-refractivity contribution in [1.29, 1.82) is 0 Å². The van der Waals surface area contributed by atoms with Gasteiger partial charge < -0.3 is 8.98 Å². The Labute approximate surface area is 179 Å². The fourth-order valence-corrected chi connectivity index (χ4v) is 4.13. The number of anilines is 2.